The van der Waals surface area contributed by atoms with E-state index in [9.17, 15) is 9.59 Å². The van der Waals surface area contributed by atoms with Crippen LogP contribution in [-0.4, -0.2) is 39.0 Å². The Labute approximate surface area is 229 Å². The van der Waals surface area contributed by atoms with Crippen molar-refractivity contribution in [3.63, 3.8) is 0 Å². The number of fused-ring (bicyclic) bond motifs is 1. The molecular formula is C26H29ClN4O4S2. The molecule has 1 unspecified atom stereocenters. The van der Waals surface area contributed by atoms with Crippen LogP contribution in [0.15, 0.2) is 36.0 Å². The number of nitrogens with one attached hydrogen (secondary N) is 1. The summed E-state index contributed by atoms with van der Waals surface area (Å²) in [4.78, 5) is 26.6. The van der Waals surface area contributed by atoms with Crippen LogP contribution in [0.3, 0.4) is 0 Å². The van der Waals surface area contributed by atoms with Crippen LogP contribution >= 0.6 is 34.7 Å². The molecule has 1 atom stereocenters. The van der Waals surface area contributed by atoms with Gasteiger partial charge in [-0.15, -0.1) is 28.1 Å². The van der Waals surface area contributed by atoms with Gasteiger partial charge in [0.25, 0.3) is 0 Å². The Morgan fingerprint density at radius 1 is 1.35 bits per heavy atom. The lowest BCUT2D eigenvalue weighted by atomic mass is 10.1. The molecule has 0 spiro atoms. The molecule has 1 aliphatic carbocycles. The SMILES string of the molecule is C=CCn1c(SCC(=O)Nc2sc3c(c2C(=O)OCC)CCC3)nnc1C(C)Oc1cc(C)ccc1Cl. The molecule has 4 rings (SSSR count). The third-order valence-corrected chi connectivity index (χ3v) is 8.28. The molecule has 1 aromatic carbocycles. The molecule has 1 N–H and O–H groups in total. The molecule has 0 fully saturated rings. The van der Waals surface area contributed by atoms with E-state index in [1.165, 1.54) is 23.1 Å². The number of esters is 1. The molecule has 196 valence electrons. The number of benzene rings is 1. The summed E-state index contributed by atoms with van der Waals surface area (Å²) in [5, 5.41) is 13.2. The molecule has 2 heterocycles. The molecular weight excluding hydrogens is 532 g/mol. The first kappa shape index (κ1) is 27.2. The first-order valence-electron chi connectivity index (χ1n) is 12.0. The van der Waals surface area contributed by atoms with E-state index in [1.54, 1.807) is 19.1 Å². The van der Waals surface area contributed by atoms with Crippen LogP contribution in [-0.2, 0) is 28.9 Å². The number of amides is 1. The van der Waals surface area contributed by atoms with Crippen molar-refractivity contribution < 1.29 is 19.1 Å². The standard InChI is InChI=1S/C26H29ClN4O4S2/c1-5-12-31-23(16(4)35-19-13-15(3)10-11-18(19)27)29-30-26(31)36-14-21(32)28-24-22(25(33)34-6-2)17-8-7-9-20(17)37-24/h5,10-11,13,16H,1,6-9,12,14H2,2-4H3,(H,28,32). The highest BCUT2D eigenvalue weighted by molar-refractivity contribution is 7.99. The fourth-order valence-corrected chi connectivity index (χ4v) is 6.37. The van der Waals surface area contributed by atoms with E-state index in [0.717, 1.165) is 35.3 Å². The molecule has 11 heteroatoms. The number of thioether (sulfide) groups is 1. The number of ether oxygens (including phenoxy) is 2. The normalized spacial score (nSPS) is 13.2. The molecule has 3 aromatic rings. The molecule has 0 bridgehead atoms. The average Bonchev–Trinajstić information content (AvgIpc) is 3.55. The summed E-state index contributed by atoms with van der Waals surface area (Å²) >= 11 is 9.01. The van der Waals surface area contributed by atoms with Crippen molar-refractivity contribution in [1.29, 1.82) is 0 Å². The molecule has 0 saturated heterocycles. The van der Waals surface area contributed by atoms with Gasteiger partial charge in [-0.2, -0.15) is 0 Å². The van der Waals surface area contributed by atoms with Gasteiger partial charge in [0.2, 0.25) is 5.91 Å². The lowest BCUT2D eigenvalue weighted by Crippen LogP contribution is -2.17. The van der Waals surface area contributed by atoms with Gasteiger partial charge in [0, 0.05) is 11.4 Å². The van der Waals surface area contributed by atoms with Gasteiger partial charge in [-0.25, -0.2) is 4.79 Å². The van der Waals surface area contributed by atoms with Crippen molar-refractivity contribution >= 4 is 51.6 Å². The van der Waals surface area contributed by atoms with Crippen molar-refractivity contribution in [3.8, 4) is 5.75 Å². The third-order valence-electron chi connectivity index (χ3n) is 5.80. The number of aryl methyl sites for hydroxylation is 2. The lowest BCUT2D eigenvalue weighted by molar-refractivity contribution is -0.113. The van der Waals surface area contributed by atoms with Crippen molar-refractivity contribution in [1.82, 2.24) is 14.8 Å². The Morgan fingerprint density at radius 3 is 2.92 bits per heavy atom. The Balaban J connectivity index is 1.46. The number of aromatic nitrogens is 3. The van der Waals surface area contributed by atoms with E-state index in [-0.39, 0.29) is 24.2 Å². The van der Waals surface area contributed by atoms with Crippen molar-refractivity contribution in [3.05, 3.63) is 63.3 Å². The molecule has 2 aromatic heterocycles. The summed E-state index contributed by atoms with van der Waals surface area (Å²) in [6.07, 6.45) is 4.06. The highest BCUT2D eigenvalue weighted by atomic mass is 35.5. The minimum Gasteiger partial charge on any atom is -0.481 e. The van der Waals surface area contributed by atoms with Crippen molar-refractivity contribution in [2.24, 2.45) is 0 Å². The Bertz CT molecular complexity index is 1320. The summed E-state index contributed by atoms with van der Waals surface area (Å²) in [5.74, 6) is 0.638. The molecule has 0 aliphatic heterocycles. The zero-order valence-electron chi connectivity index (χ0n) is 21.0. The van der Waals surface area contributed by atoms with Gasteiger partial charge in [-0.3, -0.25) is 9.36 Å². The van der Waals surface area contributed by atoms with E-state index < -0.39 is 6.10 Å². The maximum atomic E-state index is 12.9. The summed E-state index contributed by atoms with van der Waals surface area (Å²) in [6, 6.07) is 5.58. The van der Waals surface area contributed by atoms with Gasteiger partial charge in [-0.05, 0) is 63.3 Å². The van der Waals surface area contributed by atoms with E-state index in [2.05, 4.69) is 22.1 Å². The van der Waals surface area contributed by atoms with Gasteiger partial charge < -0.3 is 14.8 Å². The average molecular weight is 561 g/mol. The second kappa shape index (κ2) is 12.1. The number of nitrogens with zero attached hydrogens (tertiary/aromatic N) is 3. The maximum Gasteiger partial charge on any atom is 0.341 e. The molecule has 1 aliphatic rings. The smallest absolute Gasteiger partial charge is 0.341 e. The van der Waals surface area contributed by atoms with Crippen molar-refractivity contribution in [2.75, 3.05) is 17.7 Å². The minimum absolute atomic E-state index is 0.0963. The molecule has 0 saturated carbocycles. The Kier molecular flexibility index (Phi) is 8.94. The zero-order valence-corrected chi connectivity index (χ0v) is 23.4. The van der Waals surface area contributed by atoms with Crippen LogP contribution in [0.2, 0.25) is 5.02 Å². The van der Waals surface area contributed by atoms with Crippen LogP contribution < -0.4 is 10.1 Å². The number of hydrogen-bond donors (Lipinski definition) is 1. The fourth-order valence-electron chi connectivity index (χ4n) is 4.16. The van der Waals surface area contributed by atoms with Gasteiger partial charge in [0.1, 0.15) is 10.8 Å². The largest absolute Gasteiger partial charge is 0.481 e. The number of carbonyl (C=O) groups is 2. The minimum atomic E-state index is -0.435. The highest BCUT2D eigenvalue weighted by Gasteiger charge is 2.28. The van der Waals surface area contributed by atoms with Crippen LogP contribution in [0.1, 0.15) is 58.6 Å². The van der Waals surface area contributed by atoms with E-state index >= 15 is 0 Å². The number of allylic oxidation sites excluding steroid dienone is 1. The van der Waals surface area contributed by atoms with Gasteiger partial charge >= 0.3 is 5.97 Å². The lowest BCUT2D eigenvalue weighted by Gasteiger charge is -2.17. The Morgan fingerprint density at radius 2 is 2.16 bits per heavy atom. The molecule has 0 radical (unpaired) electrons. The first-order valence-corrected chi connectivity index (χ1v) is 14.2. The predicted molar refractivity (Wildman–Crippen MR) is 147 cm³/mol. The number of halogens is 1. The maximum absolute atomic E-state index is 12.9. The number of rotatable bonds is 11. The van der Waals surface area contributed by atoms with E-state index in [4.69, 9.17) is 21.1 Å². The number of thiophene rings is 1. The number of hydrogen-bond acceptors (Lipinski definition) is 8. The summed E-state index contributed by atoms with van der Waals surface area (Å²) in [7, 11) is 0. The fraction of sp³-hybridized carbons (Fsp3) is 0.385. The number of anilines is 1. The second-order valence-corrected chi connectivity index (χ2v) is 11.0. The monoisotopic (exact) mass is 560 g/mol. The quantitative estimate of drug-likeness (QED) is 0.174. The zero-order chi connectivity index (χ0) is 26.5. The summed E-state index contributed by atoms with van der Waals surface area (Å²) < 4.78 is 13.2. The van der Waals surface area contributed by atoms with Crippen LogP contribution in [0.4, 0.5) is 5.00 Å². The number of carbonyl (C=O) groups excluding carboxylic acids is 2. The molecule has 37 heavy (non-hydrogen) atoms. The third kappa shape index (κ3) is 6.19. The van der Waals surface area contributed by atoms with Crippen LogP contribution in [0.5, 0.6) is 5.75 Å². The van der Waals surface area contributed by atoms with Gasteiger partial charge in [-0.1, -0.05) is 35.5 Å². The van der Waals surface area contributed by atoms with Crippen LogP contribution in [0.25, 0.3) is 0 Å². The first-order chi connectivity index (χ1) is 17.8. The van der Waals surface area contributed by atoms with Crippen molar-refractivity contribution in [2.45, 2.75) is 57.8 Å². The highest BCUT2D eigenvalue weighted by Crippen LogP contribution is 2.39. The second-order valence-electron chi connectivity index (χ2n) is 8.55. The molecule has 8 nitrogen and oxygen atoms in total. The molecule has 1 amide bonds. The van der Waals surface area contributed by atoms with Crippen LogP contribution in [0, 0.1) is 6.92 Å². The van der Waals surface area contributed by atoms with Gasteiger partial charge in [0.15, 0.2) is 17.1 Å². The van der Waals surface area contributed by atoms with Gasteiger partial charge in [0.05, 0.1) is 22.9 Å². The summed E-state index contributed by atoms with van der Waals surface area (Å²) in [6.45, 7) is 10.2. The van der Waals surface area contributed by atoms with E-state index in [0.29, 0.717) is 38.9 Å². The topological polar surface area (TPSA) is 95.3 Å². The summed E-state index contributed by atoms with van der Waals surface area (Å²) in [5.41, 5.74) is 2.53. The van der Waals surface area contributed by atoms with E-state index in [1.807, 2.05) is 30.5 Å². The Hall–Kier alpha value is -2.82. The predicted octanol–water partition coefficient (Wildman–Crippen LogP) is 6.02.